The van der Waals surface area contributed by atoms with Crippen molar-refractivity contribution in [1.29, 1.82) is 0 Å². The molecule has 4 heterocycles. The number of rotatable bonds is 5. The Kier molecular flexibility index (Phi) is 6.79. The summed E-state index contributed by atoms with van der Waals surface area (Å²) in [6.07, 6.45) is 1.87. The Morgan fingerprint density at radius 1 is 0.352 bits per heavy atom. The number of benzene rings is 7. The summed E-state index contributed by atoms with van der Waals surface area (Å²) in [5, 5.41) is 7.09. The van der Waals surface area contributed by atoms with E-state index in [9.17, 15) is 0 Å². The molecule has 5 heteroatoms. The van der Waals surface area contributed by atoms with Gasteiger partial charge < -0.3 is 4.57 Å². The van der Waals surface area contributed by atoms with Crippen molar-refractivity contribution in [2.24, 2.45) is 0 Å². The molecular weight excluding hydrogens is 659 g/mol. The quantitative estimate of drug-likeness (QED) is 0.181. The molecule has 0 N–H and O–H groups in total. The molecule has 0 aliphatic rings. The molecule has 0 saturated heterocycles. The molecule has 54 heavy (non-hydrogen) atoms. The molecule has 7 aromatic carbocycles. The van der Waals surface area contributed by atoms with Crippen molar-refractivity contribution in [3.63, 3.8) is 0 Å². The van der Waals surface area contributed by atoms with E-state index in [0.717, 1.165) is 72.4 Å². The van der Waals surface area contributed by atoms with E-state index in [2.05, 4.69) is 172 Å². The van der Waals surface area contributed by atoms with Crippen molar-refractivity contribution in [1.82, 2.24) is 24.1 Å². The number of nitrogens with zero attached hydrogens (tertiary/aromatic N) is 5. The topological polar surface area (TPSA) is 48.5 Å². The minimum absolute atomic E-state index is 0.697. The minimum Gasteiger partial charge on any atom is -0.308 e. The summed E-state index contributed by atoms with van der Waals surface area (Å²) in [5.74, 6) is 1.53. The number of hydrogen-bond acceptors (Lipinski definition) is 3. The molecule has 0 spiro atoms. The summed E-state index contributed by atoms with van der Waals surface area (Å²) in [6.45, 7) is 0. The summed E-state index contributed by atoms with van der Waals surface area (Å²) < 4.78 is 4.75. The van der Waals surface area contributed by atoms with Gasteiger partial charge in [0.25, 0.3) is 0 Å². The zero-order valence-electron chi connectivity index (χ0n) is 29.1. The molecule has 0 amide bonds. The Morgan fingerprint density at radius 3 is 1.35 bits per heavy atom. The second-order valence-corrected chi connectivity index (χ2v) is 13.7. The van der Waals surface area contributed by atoms with E-state index in [1.54, 1.807) is 0 Å². The third-order valence-electron chi connectivity index (χ3n) is 10.6. The Bertz CT molecular complexity index is 3140. The Labute approximate surface area is 311 Å². The second-order valence-electron chi connectivity index (χ2n) is 13.7. The molecule has 5 nitrogen and oxygen atoms in total. The van der Waals surface area contributed by atoms with E-state index in [1.165, 1.54) is 21.5 Å². The summed E-state index contributed by atoms with van der Waals surface area (Å²) in [7, 11) is 0. The third-order valence-corrected chi connectivity index (χ3v) is 10.6. The highest BCUT2D eigenvalue weighted by atomic mass is 15.1. The SMILES string of the molecule is c1ccc(-c2cc(-n3c4ccccc4c4ccc5c(ccc6c7ccccc7n(-c7ccnc(-c8ccccc8)n7)c65)c43)cc(-c3ccccc3)n2)cc1. The van der Waals surface area contributed by atoms with Crippen molar-refractivity contribution < 1.29 is 0 Å². The molecular formula is C49H31N5. The van der Waals surface area contributed by atoms with Crippen LogP contribution in [0.1, 0.15) is 0 Å². The Morgan fingerprint density at radius 2 is 0.796 bits per heavy atom. The Hall–Kier alpha value is -7.37. The zero-order valence-corrected chi connectivity index (χ0v) is 29.1. The van der Waals surface area contributed by atoms with Crippen LogP contribution in [0.4, 0.5) is 0 Å². The van der Waals surface area contributed by atoms with Crippen molar-refractivity contribution in [2.75, 3.05) is 0 Å². The maximum absolute atomic E-state index is 5.22. The van der Waals surface area contributed by atoms with E-state index in [0.29, 0.717) is 5.82 Å². The number of fused-ring (bicyclic) bond motifs is 9. The molecule has 0 radical (unpaired) electrons. The van der Waals surface area contributed by atoms with Crippen LogP contribution in [-0.4, -0.2) is 24.1 Å². The van der Waals surface area contributed by atoms with Crippen molar-refractivity contribution in [3.05, 3.63) is 188 Å². The van der Waals surface area contributed by atoms with Gasteiger partial charge in [-0.3, -0.25) is 4.57 Å². The second kappa shape index (κ2) is 12.1. The third kappa shape index (κ3) is 4.69. The van der Waals surface area contributed by atoms with Crippen molar-refractivity contribution in [3.8, 4) is 45.4 Å². The lowest BCUT2D eigenvalue weighted by Crippen LogP contribution is -2.01. The first-order valence-electron chi connectivity index (χ1n) is 18.2. The van der Waals surface area contributed by atoms with Crippen LogP contribution in [0.5, 0.6) is 0 Å². The number of pyridine rings is 1. The highest BCUT2D eigenvalue weighted by Crippen LogP contribution is 2.42. The average molecular weight is 690 g/mol. The molecule has 11 rings (SSSR count). The highest BCUT2D eigenvalue weighted by Gasteiger charge is 2.21. The monoisotopic (exact) mass is 689 g/mol. The predicted molar refractivity (Wildman–Crippen MR) is 222 cm³/mol. The summed E-state index contributed by atoms with van der Waals surface area (Å²) in [5.41, 5.74) is 10.6. The summed E-state index contributed by atoms with van der Waals surface area (Å²) in [4.78, 5) is 15.1. The van der Waals surface area contributed by atoms with Gasteiger partial charge in [0.15, 0.2) is 5.82 Å². The van der Waals surface area contributed by atoms with Gasteiger partial charge in [-0.05, 0) is 30.3 Å². The van der Waals surface area contributed by atoms with Crippen molar-refractivity contribution in [2.45, 2.75) is 0 Å². The molecule has 0 aliphatic carbocycles. The molecule has 4 aromatic heterocycles. The van der Waals surface area contributed by atoms with Crippen LogP contribution in [-0.2, 0) is 0 Å². The van der Waals surface area contributed by atoms with Gasteiger partial charge in [0.1, 0.15) is 5.82 Å². The van der Waals surface area contributed by atoms with E-state index >= 15 is 0 Å². The molecule has 11 aromatic rings. The lowest BCUT2D eigenvalue weighted by Gasteiger charge is -2.15. The van der Waals surface area contributed by atoms with Gasteiger partial charge in [-0.25, -0.2) is 15.0 Å². The number of aromatic nitrogens is 5. The van der Waals surface area contributed by atoms with Gasteiger partial charge in [-0.1, -0.05) is 152 Å². The van der Waals surface area contributed by atoms with Crippen LogP contribution < -0.4 is 0 Å². The molecule has 0 saturated carbocycles. The summed E-state index contributed by atoms with van der Waals surface area (Å²) >= 11 is 0. The smallest absolute Gasteiger partial charge is 0.161 e. The molecule has 0 fully saturated rings. The van der Waals surface area contributed by atoms with Crippen LogP contribution in [0.25, 0.3) is 99.8 Å². The normalized spacial score (nSPS) is 11.7. The molecule has 0 unspecified atom stereocenters. The van der Waals surface area contributed by atoms with E-state index in [1.807, 2.05) is 30.5 Å². The fourth-order valence-electron chi connectivity index (χ4n) is 8.19. The van der Waals surface area contributed by atoms with Gasteiger partial charge in [0.05, 0.1) is 39.1 Å². The van der Waals surface area contributed by atoms with Gasteiger partial charge in [0.2, 0.25) is 0 Å². The van der Waals surface area contributed by atoms with Crippen LogP contribution in [0.3, 0.4) is 0 Å². The van der Waals surface area contributed by atoms with Crippen molar-refractivity contribution >= 4 is 54.4 Å². The van der Waals surface area contributed by atoms with E-state index in [4.69, 9.17) is 9.97 Å². The maximum atomic E-state index is 5.22. The highest BCUT2D eigenvalue weighted by molar-refractivity contribution is 6.26. The fourth-order valence-corrected chi connectivity index (χ4v) is 8.19. The van der Waals surface area contributed by atoms with Gasteiger partial charge in [0, 0.05) is 55.2 Å². The largest absolute Gasteiger partial charge is 0.308 e. The number of hydrogen-bond donors (Lipinski definition) is 0. The van der Waals surface area contributed by atoms with E-state index < -0.39 is 0 Å². The first-order valence-corrected chi connectivity index (χ1v) is 18.2. The van der Waals surface area contributed by atoms with Crippen LogP contribution in [0.2, 0.25) is 0 Å². The molecule has 0 bridgehead atoms. The predicted octanol–water partition coefficient (Wildman–Crippen LogP) is 12.2. The Balaban J connectivity index is 1.25. The zero-order chi connectivity index (χ0) is 35.6. The molecule has 252 valence electrons. The van der Waals surface area contributed by atoms with Crippen LogP contribution >= 0.6 is 0 Å². The lowest BCUT2D eigenvalue weighted by molar-refractivity contribution is 1.05. The maximum Gasteiger partial charge on any atom is 0.161 e. The average Bonchev–Trinajstić information content (AvgIpc) is 3.78. The standard InChI is InChI=1S/C49H31N5/c1-4-14-32(15-5-1)42-30-35(31-43(51-42)33-16-6-2-7-17-33)53-44-22-12-10-20-36(44)38-24-27-41-40(47(38)53)26-25-39-37-21-11-13-23-45(37)54(48(39)41)46-28-29-50-49(52-46)34-18-8-3-9-19-34/h1-31H. The van der Waals surface area contributed by atoms with Gasteiger partial charge >= 0.3 is 0 Å². The van der Waals surface area contributed by atoms with Crippen LogP contribution in [0.15, 0.2) is 188 Å². The number of para-hydroxylation sites is 2. The first kappa shape index (κ1) is 30.3. The van der Waals surface area contributed by atoms with Gasteiger partial charge in [-0.2, -0.15) is 0 Å². The molecule has 0 atom stereocenters. The summed E-state index contributed by atoms with van der Waals surface area (Å²) in [6, 6.07) is 64.1. The van der Waals surface area contributed by atoms with Gasteiger partial charge in [-0.15, -0.1) is 0 Å². The fraction of sp³-hybridized carbons (Fsp3) is 0. The van der Waals surface area contributed by atoms with E-state index in [-0.39, 0.29) is 0 Å². The minimum atomic E-state index is 0.697. The van der Waals surface area contributed by atoms with Crippen LogP contribution in [0, 0.1) is 0 Å². The molecule has 0 aliphatic heterocycles. The first-order chi connectivity index (χ1) is 26.8. The lowest BCUT2D eigenvalue weighted by atomic mass is 10.0.